The molecule has 0 saturated carbocycles. The summed E-state index contributed by atoms with van der Waals surface area (Å²) in [5, 5.41) is 4.19. The van der Waals surface area contributed by atoms with Crippen LogP contribution in [0.1, 0.15) is 12.6 Å². The molecule has 0 aliphatic rings. The third-order valence-corrected chi connectivity index (χ3v) is 3.43. The van der Waals surface area contributed by atoms with Crippen molar-refractivity contribution in [1.29, 1.82) is 0 Å². The Morgan fingerprint density at radius 1 is 1.09 bits per heavy atom. The minimum absolute atomic E-state index is 0.678. The fraction of sp³-hybridized carbons (Fsp3) is 0.235. The summed E-state index contributed by atoms with van der Waals surface area (Å²) in [7, 11) is 1.65. The fourth-order valence-electron chi connectivity index (χ4n) is 2.42. The molecule has 2 heterocycles. The van der Waals surface area contributed by atoms with Gasteiger partial charge in [0.1, 0.15) is 17.1 Å². The van der Waals surface area contributed by atoms with Crippen molar-refractivity contribution in [2.24, 2.45) is 0 Å². The Labute approximate surface area is 129 Å². The van der Waals surface area contributed by atoms with Crippen LogP contribution in [0.15, 0.2) is 36.5 Å². The number of nitrogens with zero attached hydrogens (tertiary/aromatic N) is 3. The van der Waals surface area contributed by atoms with E-state index in [-0.39, 0.29) is 0 Å². The maximum absolute atomic E-state index is 5.42. The Morgan fingerprint density at radius 3 is 2.73 bits per heavy atom. The molecule has 0 radical (unpaired) electrons. The Bertz CT molecular complexity index is 817. The summed E-state index contributed by atoms with van der Waals surface area (Å²) in [6.45, 7) is 4.83. The maximum Gasteiger partial charge on any atom is 0.162 e. The predicted molar refractivity (Wildman–Crippen MR) is 88.2 cm³/mol. The van der Waals surface area contributed by atoms with E-state index in [4.69, 9.17) is 4.74 Å². The quantitative estimate of drug-likeness (QED) is 0.798. The second-order valence-electron chi connectivity index (χ2n) is 4.96. The molecular weight excluding hydrogens is 276 g/mol. The van der Waals surface area contributed by atoms with Crippen molar-refractivity contribution < 1.29 is 4.74 Å². The fourth-order valence-corrected chi connectivity index (χ4v) is 2.42. The summed E-state index contributed by atoms with van der Waals surface area (Å²) in [5.74, 6) is 2.25. The van der Waals surface area contributed by atoms with Gasteiger partial charge in [-0.2, -0.15) is 0 Å². The van der Waals surface area contributed by atoms with Crippen molar-refractivity contribution in [1.82, 2.24) is 15.0 Å². The van der Waals surface area contributed by atoms with Gasteiger partial charge in [-0.25, -0.2) is 15.0 Å². The third kappa shape index (κ3) is 2.57. The molecule has 0 aliphatic heterocycles. The molecule has 0 amide bonds. The van der Waals surface area contributed by atoms with E-state index in [2.05, 4.69) is 20.3 Å². The molecule has 5 heteroatoms. The average molecular weight is 294 g/mol. The first-order valence-corrected chi connectivity index (χ1v) is 7.24. The zero-order valence-electron chi connectivity index (χ0n) is 12.9. The first-order valence-electron chi connectivity index (χ1n) is 7.24. The number of anilines is 1. The van der Waals surface area contributed by atoms with Crippen molar-refractivity contribution in [2.45, 2.75) is 13.8 Å². The van der Waals surface area contributed by atoms with Crippen LogP contribution in [0.25, 0.3) is 22.3 Å². The van der Waals surface area contributed by atoms with Gasteiger partial charge in [0.15, 0.2) is 5.82 Å². The molecule has 0 unspecified atom stereocenters. The molecule has 112 valence electrons. The first-order chi connectivity index (χ1) is 10.7. The summed E-state index contributed by atoms with van der Waals surface area (Å²) < 4.78 is 5.42. The zero-order valence-corrected chi connectivity index (χ0v) is 12.9. The number of hydrogen-bond acceptors (Lipinski definition) is 5. The topological polar surface area (TPSA) is 59.9 Å². The van der Waals surface area contributed by atoms with Crippen LogP contribution in [0.2, 0.25) is 0 Å². The van der Waals surface area contributed by atoms with Gasteiger partial charge in [0.25, 0.3) is 0 Å². The summed E-state index contributed by atoms with van der Waals surface area (Å²) >= 11 is 0. The number of fused-ring (bicyclic) bond motifs is 1. The Morgan fingerprint density at radius 2 is 1.95 bits per heavy atom. The number of aryl methyl sites for hydroxylation is 1. The number of hydrogen-bond donors (Lipinski definition) is 1. The van der Waals surface area contributed by atoms with Crippen molar-refractivity contribution in [2.75, 3.05) is 19.0 Å². The summed E-state index contributed by atoms with van der Waals surface area (Å²) in [4.78, 5) is 13.6. The number of aromatic nitrogens is 3. The lowest BCUT2D eigenvalue weighted by molar-refractivity contribution is 0.419. The smallest absolute Gasteiger partial charge is 0.162 e. The largest absolute Gasteiger partial charge is 0.494 e. The molecule has 1 aromatic carbocycles. The summed E-state index contributed by atoms with van der Waals surface area (Å²) in [5.41, 5.74) is 2.73. The number of rotatable bonds is 4. The van der Waals surface area contributed by atoms with Gasteiger partial charge in [-0.05, 0) is 38.1 Å². The monoisotopic (exact) mass is 294 g/mol. The van der Waals surface area contributed by atoms with Gasteiger partial charge in [-0.15, -0.1) is 0 Å². The van der Waals surface area contributed by atoms with E-state index in [0.717, 1.165) is 40.3 Å². The minimum Gasteiger partial charge on any atom is -0.494 e. The lowest BCUT2D eigenvalue weighted by atomic mass is 10.1. The van der Waals surface area contributed by atoms with E-state index in [9.17, 15) is 0 Å². The van der Waals surface area contributed by atoms with E-state index in [1.54, 1.807) is 13.3 Å². The van der Waals surface area contributed by atoms with Crippen molar-refractivity contribution >= 4 is 16.7 Å². The molecule has 0 atom stereocenters. The van der Waals surface area contributed by atoms with E-state index >= 15 is 0 Å². The molecule has 0 aliphatic carbocycles. The number of methoxy groups -OCH3 is 1. The molecule has 1 N–H and O–H groups in total. The van der Waals surface area contributed by atoms with Gasteiger partial charge in [0.2, 0.25) is 0 Å². The Kier molecular flexibility index (Phi) is 3.87. The Balaban J connectivity index is 2.21. The SMILES string of the molecule is CCNc1ccnc(-c2ccc(OC)c3nc(C)ccc23)n1. The Hall–Kier alpha value is -2.69. The highest BCUT2D eigenvalue weighted by atomic mass is 16.5. The molecule has 5 nitrogen and oxygen atoms in total. The van der Waals surface area contributed by atoms with Gasteiger partial charge in [0.05, 0.1) is 7.11 Å². The van der Waals surface area contributed by atoms with Gasteiger partial charge in [0, 0.05) is 29.4 Å². The van der Waals surface area contributed by atoms with E-state index in [0.29, 0.717) is 5.82 Å². The van der Waals surface area contributed by atoms with Crippen LogP contribution in [0, 0.1) is 6.92 Å². The molecule has 22 heavy (non-hydrogen) atoms. The third-order valence-electron chi connectivity index (χ3n) is 3.43. The van der Waals surface area contributed by atoms with Crippen LogP contribution in [0.5, 0.6) is 5.75 Å². The average Bonchev–Trinajstić information content (AvgIpc) is 2.54. The lowest BCUT2D eigenvalue weighted by Crippen LogP contribution is -2.01. The van der Waals surface area contributed by atoms with Crippen LogP contribution in [-0.4, -0.2) is 28.6 Å². The standard InChI is InChI=1S/C17H18N4O/c1-4-18-15-9-10-19-17(21-15)13-7-8-14(22-3)16-12(13)6-5-11(2)20-16/h5-10H,4H2,1-3H3,(H,18,19,21). The minimum atomic E-state index is 0.678. The highest BCUT2D eigenvalue weighted by Gasteiger charge is 2.12. The van der Waals surface area contributed by atoms with E-state index < -0.39 is 0 Å². The second-order valence-corrected chi connectivity index (χ2v) is 4.96. The normalized spacial score (nSPS) is 10.7. The highest BCUT2D eigenvalue weighted by molar-refractivity contribution is 5.96. The maximum atomic E-state index is 5.42. The summed E-state index contributed by atoms with van der Waals surface area (Å²) in [6.07, 6.45) is 1.76. The zero-order chi connectivity index (χ0) is 15.5. The van der Waals surface area contributed by atoms with Crippen LogP contribution in [0.3, 0.4) is 0 Å². The summed E-state index contributed by atoms with van der Waals surface area (Å²) in [6, 6.07) is 9.77. The van der Waals surface area contributed by atoms with Crippen molar-refractivity contribution in [3.8, 4) is 17.1 Å². The number of ether oxygens (including phenoxy) is 1. The molecular formula is C17H18N4O. The van der Waals surface area contributed by atoms with Crippen LogP contribution >= 0.6 is 0 Å². The van der Waals surface area contributed by atoms with Gasteiger partial charge in [-0.3, -0.25) is 0 Å². The number of benzene rings is 1. The van der Waals surface area contributed by atoms with Gasteiger partial charge in [-0.1, -0.05) is 6.07 Å². The van der Waals surface area contributed by atoms with Gasteiger partial charge < -0.3 is 10.1 Å². The van der Waals surface area contributed by atoms with Crippen molar-refractivity contribution in [3.63, 3.8) is 0 Å². The molecule has 0 spiro atoms. The second kappa shape index (κ2) is 5.97. The molecule has 0 bridgehead atoms. The van der Waals surface area contributed by atoms with Crippen LogP contribution < -0.4 is 10.1 Å². The van der Waals surface area contributed by atoms with Crippen LogP contribution in [0.4, 0.5) is 5.82 Å². The van der Waals surface area contributed by atoms with E-state index in [1.165, 1.54) is 0 Å². The molecule has 2 aromatic heterocycles. The van der Waals surface area contributed by atoms with Crippen LogP contribution in [-0.2, 0) is 0 Å². The van der Waals surface area contributed by atoms with Gasteiger partial charge >= 0.3 is 0 Å². The molecule has 3 aromatic rings. The lowest BCUT2D eigenvalue weighted by Gasteiger charge is -2.10. The number of nitrogens with one attached hydrogen (secondary N) is 1. The molecule has 0 saturated heterocycles. The highest BCUT2D eigenvalue weighted by Crippen LogP contribution is 2.32. The van der Waals surface area contributed by atoms with Crippen molar-refractivity contribution in [3.05, 3.63) is 42.2 Å². The molecule has 3 rings (SSSR count). The number of pyridine rings is 1. The predicted octanol–water partition coefficient (Wildman–Crippen LogP) is 3.44. The van der Waals surface area contributed by atoms with E-state index in [1.807, 2.05) is 44.2 Å². The first kappa shape index (κ1) is 14.3. The molecule has 0 fully saturated rings.